The fourth-order valence-electron chi connectivity index (χ4n) is 1.94. The van der Waals surface area contributed by atoms with E-state index < -0.39 is 0 Å². The van der Waals surface area contributed by atoms with Crippen molar-refractivity contribution in [2.24, 2.45) is 0 Å². The molecule has 6 heteroatoms. The first-order chi connectivity index (χ1) is 9.65. The molecule has 0 saturated heterocycles. The largest absolute Gasteiger partial charge is 0.305 e. The lowest BCUT2D eigenvalue weighted by Gasteiger charge is -2.04. The van der Waals surface area contributed by atoms with Crippen LogP contribution in [-0.2, 0) is 0 Å². The Balaban J connectivity index is 1.93. The summed E-state index contributed by atoms with van der Waals surface area (Å²) in [4.78, 5) is 16.0. The van der Waals surface area contributed by atoms with Crippen LogP contribution in [0.25, 0.3) is 10.1 Å². The number of nitrogens with one attached hydrogen (secondary N) is 1. The van der Waals surface area contributed by atoms with Gasteiger partial charge in [-0.2, -0.15) is 4.37 Å². The normalized spacial score (nSPS) is 10.7. The Hall–Kier alpha value is -1.98. The summed E-state index contributed by atoms with van der Waals surface area (Å²) in [5.41, 5.74) is 1.53. The van der Waals surface area contributed by atoms with Gasteiger partial charge in [0.25, 0.3) is 5.91 Å². The van der Waals surface area contributed by atoms with Crippen molar-refractivity contribution in [2.45, 2.75) is 6.92 Å². The Morgan fingerprint density at radius 1 is 1.30 bits per heavy atom. The summed E-state index contributed by atoms with van der Waals surface area (Å²) >= 11 is 7.07. The molecule has 4 nitrogen and oxygen atoms in total. The smallest absolute Gasteiger partial charge is 0.258 e. The molecule has 2 heterocycles. The van der Waals surface area contributed by atoms with Crippen LogP contribution in [0.2, 0.25) is 5.15 Å². The van der Waals surface area contributed by atoms with Crippen LogP contribution in [0, 0.1) is 6.92 Å². The standard InChI is InChI=1S/C14H10ClN3OS/c1-8-3-2-4-10-12(8)13(18-20-10)17-14(19)9-5-6-11(15)16-7-9/h2-7H,1H3,(H,17,18,19). The van der Waals surface area contributed by atoms with Gasteiger partial charge >= 0.3 is 0 Å². The minimum atomic E-state index is -0.246. The van der Waals surface area contributed by atoms with Crippen molar-refractivity contribution in [3.63, 3.8) is 0 Å². The van der Waals surface area contributed by atoms with Gasteiger partial charge < -0.3 is 5.32 Å². The summed E-state index contributed by atoms with van der Waals surface area (Å²) in [6, 6.07) is 9.17. The summed E-state index contributed by atoms with van der Waals surface area (Å²) in [7, 11) is 0. The quantitative estimate of drug-likeness (QED) is 0.730. The summed E-state index contributed by atoms with van der Waals surface area (Å²) in [6.07, 6.45) is 1.44. The van der Waals surface area contributed by atoms with Crippen molar-refractivity contribution in [3.8, 4) is 0 Å². The Morgan fingerprint density at radius 3 is 2.90 bits per heavy atom. The molecule has 1 aromatic carbocycles. The number of rotatable bonds is 2. The zero-order valence-electron chi connectivity index (χ0n) is 10.6. The molecule has 3 aromatic rings. The van der Waals surface area contributed by atoms with E-state index in [1.165, 1.54) is 17.7 Å². The van der Waals surface area contributed by atoms with E-state index in [2.05, 4.69) is 14.7 Å². The van der Waals surface area contributed by atoms with E-state index in [0.29, 0.717) is 16.5 Å². The number of fused-ring (bicyclic) bond motifs is 1. The number of nitrogens with zero attached hydrogens (tertiary/aromatic N) is 2. The van der Waals surface area contributed by atoms with E-state index in [4.69, 9.17) is 11.6 Å². The van der Waals surface area contributed by atoms with E-state index >= 15 is 0 Å². The molecule has 0 aliphatic rings. The van der Waals surface area contributed by atoms with Crippen molar-refractivity contribution in [3.05, 3.63) is 52.8 Å². The highest BCUT2D eigenvalue weighted by atomic mass is 35.5. The minimum absolute atomic E-state index is 0.246. The highest BCUT2D eigenvalue weighted by Crippen LogP contribution is 2.29. The monoisotopic (exact) mass is 303 g/mol. The van der Waals surface area contributed by atoms with Crippen molar-refractivity contribution in [1.82, 2.24) is 9.36 Å². The van der Waals surface area contributed by atoms with Crippen LogP contribution in [0.15, 0.2) is 36.5 Å². The zero-order chi connectivity index (χ0) is 14.1. The molecule has 0 unspecified atom stereocenters. The van der Waals surface area contributed by atoms with Crippen LogP contribution in [0.5, 0.6) is 0 Å². The average Bonchev–Trinajstić information content (AvgIpc) is 2.84. The first-order valence-corrected chi connectivity index (χ1v) is 7.08. The Kier molecular flexibility index (Phi) is 3.38. The number of anilines is 1. The molecule has 0 saturated carbocycles. The number of carbonyl (C=O) groups excluding carboxylic acids is 1. The Bertz CT molecular complexity index is 783. The van der Waals surface area contributed by atoms with Gasteiger partial charge in [-0.15, -0.1) is 0 Å². The number of aryl methyl sites for hydroxylation is 1. The lowest BCUT2D eigenvalue weighted by Crippen LogP contribution is -2.12. The summed E-state index contributed by atoms with van der Waals surface area (Å²) in [5.74, 6) is 0.340. The number of hydrogen-bond donors (Lipinski definition) is 1. The second kappa shape index (κ2) is 5.19. The molecule has 3 rings (SSSR count). The molecule has 100 valence electrons. The lowest BCUT2D eigenvalue weighted by atomic mass is 10.1. The number of amides is 1. The van der Waals surface area contributed by atoms with Gasteiger partial charge in [0.05, 0.1) is 10.3 Å². The second-order valence-electron chi connectivity index (χ2n) is 4.30. The van der Waals surface area contributed by atoms with Gasteiger partial charge in [-0.3, -0.25) is 4.79 Å². The van der Waals surface area contributed by atoms with E-state index in [1.54, 1.807) is 12.1 Å². The van der Waals surface area contributed by atoms with E-state index in [1.807, 2.05) is 25.1 Å². The first-order valence-electron chi connectivity index (χ1n) is 5.93. The molecule has 0 aliphatic heterocycles. The van der Waals surface area contributed by atoms with E-state index in [9.17, 15) is 4.79 Å². The van der Waals surface area contributed by atoms with Gasteiger partial charge in [0.15, 0.2) is 5.82 Å². The molecule has 0 aliphatic carbocycles. The summed E-state index contributed by atoms with van der Waals surface area (Å²) in [6.45, 7) is 2.00. The maximum absolute atomic E-state index is 12.1. The predicted octanol–water partition coefficient (Wildman–Crippen LogP) is 3.91. The minimum Gasteiger partial charge on any atom is -0.305 e. The highest BCUT2D eigenvalue weighted by Gasteiger charge is 2.13. The van der Waals surface area contributed by atoms with Gasteiger partial charge in [-0.25, -0.2) is 4.98 Å². The molecule has 0 radical (unpaired) electrons. The van der Waals surface area contributed by atoms with Crippen LogP contribution in [0.3, 0.4) is 0 Å². The molecule has 1 amide bonds. The molecular weight excluding hydrogens is 294 g/mol. The van der Waals surface area contributed by atoms with Gasteiger partial charge in [0.1, 0.15) is 5.15 Å². The van der Waals surface area contributed by atoms with Crippen LogP contribution in [0.1, 0.15) is 15.9 Å². The van der Waals surface area contributed by atoms with Gasteiger partial charge in [-0.1, -0.05) is 23.7 Å². The Morgan fingerprint density at radius 2 is 2.15 bits per heavy atom. The number of carbonyl (C=O) groups is 1. The second-order valence-corrected chi connectivity index (χ2v) is 5.50. The number of halogens is 1. The number of benzene rings is 1. The van der Waals surface area contributed by atoms with E-state index in [-0.39, 0.29) is 5.91 Å². The highest BCUT2D eigenvalue weighted by molar-refractivity contribution is 7.13. The predicted molar refractivity (Wildman–Crippen MR) is 81.6 cm³/mol. The molecular formula is C14H10ClN3OS. The summed E-state index contributed by atoms with van der Waals surface area (Å²) < 4.78 is 5.35. The van der Waals surface area contributed by atoms with Gasteiger partial charge in [-0.05, 0) is 42.2 Å². The number of pyridine rings is 1. The first kappa shape index (κ1) is 13.0. The molecule has 0 spiro atoms. The molecule has 0 bridgehead atoms. The van der Waals surface area contributed by atoms with Crippen molar-refractivity contribution in [2.75, 3.05) is 5.32 Å². The van der Waals surface area contributed by atoms with E-state index in [0.717, 1.165) is 15.6 Å². The summed E-state index contributed by atoms with van der Waals surface area (Å²) in [5, 5.41) is 4.16. The number of aromatic nitrogens is 2. The van der Waals surface area contributed by atoms with Crippen molar-refractivity contribution < 1.29 is 4.79 Å². The Labute approximate surface area is 124 Å². The third kappa shape index (κ3) is 2.37. The third-order valence-electron chi connectivity index (χ3n) is 2.93. The molecule has 0 fully saturated rings. The van der Waals surface area contributed by atoms with Gasteiger partial charge in [0, 0.05) is 11.6 Å². The molecule has 1 N–H and O–H groups in total. The molecule has 2 aromatic heterocycles. The maximum Gasteiger partial charge on any atom is 0.258 e. The fraction of sp³-hybridized carbons (Fsp3) is 0.0714. The fourth-order valence-corrected chi connectivity index (χ4v) is 2.86. The SMILES string of the molecule is Cc1cccc2snc(NC(=O)c3ccc(Cl)nc3)c12. The molecule has 0 atom stereocenters. The number of hydrogen-bond acceptors (Lipinski definition) is 4. The average molecular weight is 304 g/mol. The van der Waals surface area contributed by atoms with Crippen LogP contribution < -0.4 is 5.32 Å². The third-order valence-corrected chi connectivity index (χ3v) is 3.96. The van der Waals surface area contributed by atoms with Crippen LogP contribution >= 0.6 is 23.1 Å². The molecule has 20 heavy (non-hydrogen) atoms. The lowest BCUT2D eigenvalue weighted by molar-refractivity contribution is 0.102. The van der Waals surface area contributed by atoms with Crippen LogP contribution in [-0.4, -0.2) is 15.3 Å². The zero-order valence-corrected chi connectivity index (χ0v) is 12.1. The van der Waals surface area contributed by atoms with Crippen molar-refractivity contribution >= 4 is 44.9 Å². The van der Waals surface area contributed by atoms with Crippen molar-refractivity contribution in [1.29, 1.82) is 0 Å². The van der Waals surface area contributed by atoms with Gasteiger partial charge in [0.2, 0.25) is 0 Å². The maximum atomic E-state index is 12.1. The van der Waals surface area contributed by atoms with Crippen LogP contribution in [0.4, 0.5) is 5.82 Å². The topological polar surface area (TPSA) is 54.9 Å².